The van der Waals surface area contributed by atoms with Crippen molar-refractivity contribution in [2.75, 3.05) is 32.2 Å². The van der Waals surface area contributed by atoms with Crippen LogP contribution in [-0.2, 0) is 6.54 Å². The average Bonchev–Trinajstić information content (AvgIpc) is 2.67. The molecule has 0 saturated carbocycles. The van der Waals surface area contributed by atoms with Gasteiger partial charge in [0.2, 0.25) is 0 Å². The van der Waals surface area contributed by atoms with Gasteiger partial charge in [-0.25, -0.2) is 0 Å². The Morgan fingerprint density at radius 2 is 1.80 bits per heavy atom. The van der Waals surface area contributed by atoms with Crippen LogP contribution in [0.4, 0.5) is 5.69 Å². The number of pyridine rings is 1. The summed E-state index contributed by atoms with van der Waals surface area (Å²) in [6.07, 6.45) is 1.67. The number of rotatable bonds is 8. The van der Waals surface area contributed by atoms with E-state index < -0.39 is 0 Å². The molecule has 0 saturated heterocycles. The van der Waals surface area contributed by atoms with Crippen LogP contribution in [0.25, 0.3) is 0 Å². The number of benzene rings is 1. The molecule has 0 unspecified atom stereocenters. The maximum Gasteiger partial charge on any atom is 0.270 e. The molecule has 25 heavy (non-hydrogen) atoms. The molecule has 1 N–H and O–H groups in total. The summed E-state index contributed by atoms with van der Waals surface area (Å²) < 4.78 is 10.5. The van der Waals surface area contributed by atoms with E-state index in [1.54, 1.807) is 20.4 Å². The number of carbonyl (C=O) groups excluding carboxylic acids is 1. The molecule has 134 valence electrons. The highest BCUT2D eigenvalue weighted by Gasteiger charge is 2.11. The van der Waals surface area contributed by atoms with Gasteiger partial charge in [0.15, 0.2) is 11.5 Å². The van der Waals surface area contributed by atoms with Gasteiger partial charge in [0.1, 0.15) is 5.69 Å². The lowest BCUT2D eigenvalue weighted by Crippen LogP contribution is -2.25. The standard InChI is InChI=1S/C19H25N3O3/c1-5-22(6-2)15-9-10-20-16(12-15)19(23)21-13-14-7-8-17(24-3)18(11-14)25-4/h7-12H,5-6,13H2,1-4H3,(H,21,23). The van der Waals surface area contributed by atoms with Gasteiger partial charge in [-0.05, 0) is 43.7 Å². The fourth-order valence-electron chi connectivity index (χ4n) is 2.59. The average molecular weight is 343 g/mol. The smallest absolute Gasteiger partial charge is 0.270 e. The second-order valence-corrected chi connectivity index (χ2v) is 5.44. The topological polar surface area (TPSA) is 63.7 Å². The van der Waals surface area contributed by atoms with Gasteiger partial charge in [0, 0.05) is 31.5 Å². The molecule has 2 rings (SSSR count). The van der Waals surface area contributed by atoms with E-state index >= 15 is 0 Å². The summed E-state index contributed by atoms with van der Waals surface area (Å²) in [5.74, 6) is 1.09. The van der Waals surface area contributed by atoms with E-state index in [2.05, 4.69) is 29.0 Å². The van der Waals surface area contributed by atoms with Crippen molar-refractivity contribution < 1.29 is 14.3 Å². The molecule has 2 aromatic rings. The first kappa shape index (κ1) is 18.6. The van der Waals surface area contributed by atoms with Gasteiger partial charge < -0.3 is 19.7 Å². The van der Waals surface area contributed by atoms with E-state index in [9.17, 15) is 4.79 Å². The van der Waals surface area contributed by atoms with Crippen LogP contribution in [-0.4, -0.2) is 38.2 Å². The molecule has 0 bridgehead atoms. The van der Waals surface area contributed by atoms with Crippen LogP contribution < -0.4 is 19.7 Å². The maximum absolute atomic E-state index is 12.4. The Labute approximate surface area is 148 Å². The second kappa shape index (κ2) is 8.92. The Morgan fingerprint density at radius 3 is 2.44 bits per heavy atom. The Morgan fingerprint density at radius 1 is 1.08 bits per heavy atom. The molecular formula is C19H25N3O3. The van der Waals surface area contributed by atoms with Gasteiger partial charge in [-0.1, -0.05) is 6.07 Å². The highest BCUT2D eigenvalue weighted by molar-refractivity contribution is 5.93. The van der Waals surface area contributed by atoms with Gasteiger partial charge in [-0.3, -0.25) is 9.78 Å². The molecular weight excluding hydrogens is 318 g/mol. The molecule has 0 atom stereocenters. The van der Waals surface area contributed by atoms with Crippen molar-refractivity contribution in [3.63, 3.8) is 0 Å². The third kappa shape index (κ3) is 4.62. The van der Waals surface area contributed by atoms with Crippen LogP contribution in [0.2, 0.25) is 0 Å². The summed E-state index contributed by atoms with van der Waals surface area (Å²) in [6.45, 7) is 6.32. The SMILES string of the molecule is CCN(CC)c1ccnc(C(=O)NCc2ccc(OC)c(OC)c2)c1. The number of nitrogens with one attached hydrogen (secondary N) is 1. The molecule has 0 radical (unpaired) electrons. The van der Waals surface area contributed by atoms with Gasteiger partial charge in [-0.15, -0.1) is 0 Å². The monoisotopic (exact) mass is 343 g/mol. The zero-order valence-electron chi connectivity index (χ0n) is 15.2. The number of hydrogen-bond acceptors (Lipinski definition) is 5. The Balaban J connectivity index is 2.06. The lowest BCUT2D eigenvalue weighted by atomic mass is 10.2. The Bertz CT molecular complexity index is 715. The van der Waals surface area contributed by atoms with Crippen LogP contribution in [0, 0.1) is 0 Å². The minimum atomic E-state index is -0.205. The van der Waals surface area contributed by atoms with E-state index in [0.29, 0.717) is 23.7 Å². The van der Waals surface area contributed by atoms with Crippen molar-refractivity contribution in [3.05, 3.63) is 47.8 Å². The number of nitrogens with zero attached hydrogens (tertiary/aromatic N) is 2. The zero-order valence-corrected chi connectivity index (χ0v) is 15.2. The number of ether oxygens (including phenoxy) is 2. The maximum atomic E-state index is 12.4. The van der Waals surface area contributed by atoms with Gasteiger partial charge in [0.05, 0.1) is 14.2 Å². The third-order valence-corrected chi connectivity index (χ3v) is 4.01. The molecule has 0 aliphatic heterocycles. The van der Waals surface area contributed by atoms with E-state index in [1.165, 1.54) is 0 Å². The highest BCUT2D eigenvalue weighted by Crippen LogP contribution is 2.27. The second-order valence-electron chi connectivity index (χ2n) is 5.44. The largest absolute Gasteiger partial charge is 0.493 e. The number of methoxy groups -OCH3 is 2. The third-order valence-electron chi connectivity index (χ3n) is 4.01. The number of hydrogen-bond donors (Lipinski definition) is 1. The van der Waals surface area contributed by atoms with E-state index in [1.807, 2.05) is 30.3 Å². The summed E-state index contributed by atoms with van der Waals surface area (Å²) in [4.78, 5) is 18.8. The lowest BCUT2D eigenvalue weighted by molar-refractivity contribution is 0.0946. The van der Waals surface area contributed by atoms with Gasteiger partial charge in [-0.2, -0.15) is 0 Å². The molecule has 1 aromatic carbocycles. The molecule has 0 aliphatic carbocycles. The van der Waals surface area contributed by atoms with Crippen LogP contribution in [0.5, 0.6) is 11.5 Å². The predicted molar refractivity (Wildman–Crippen MR) is 98.5 cm³/mol. The summed E-state index contributed by atoms with van der Waals surface area (Å²) in [5, 5.41) is 2.89. The van der Waals surface area contributed by atoms with Crippen molar-refractivity contribution in [3.8, 4) is 11.5 Å². The van der Waals surface area contributed by atoms with E-state index in [-0.39, 0.29) is 5.91 Å². The lowest BCUT2D eigenvalue weighted by Gasteiger charge is -2.21. The molecule has 6 heteroatoms. The molecule has 1 amide bonds. The fraction of sp³-hybridized carbons (Fsp3) is 0.368. The van der Waals surface area contributed by atoms with Crippen molar-refractivity contribution in [2.45, 2.75) is 20.4 Å². The summed E-state index contributed by atoms with van der Waals surface area (Å²) in [7, 11) is 3.18. The molecule has 0 aliphatic rings. The molecule has 6 nitrogen and oxygen atoms in total. The summed E-state index contributed by atoms with van der Waals surface area (Å²) in [5.41, 5.74) is 2.33. The van der Waals surface area contributed by atoms with Crippen molar-refractivity contribution >= 4 is 11.6 Å². The first-order chi connectivity index (χ1) is 12.1. The summed E-state index contributed by atoms with van der Waals surface area (Å²) >= 11 is 0. The van der Waals surface area contributed by atoms with Crippen molar-refractivity contribution in [2.24, 2.45) is 0 Å². The number of amides is 1. The van der Waals surface area contributed by atoms with Crippen LogP contribution in [0.3, 0.4) is 0 Å². The van der Waals surface area contributed by atoms with E-state index in [4.69, 9.17) is 9.47 Å². The van der Waals surface area contributed by atoms with Crippen LogP contribution >= 0.6 is 0 Å². The highest BCUT2D eigenvalue weighted by atomic mass is 16.5. The quantitative estimate of drug-likeness (QED) is 0.798. The Kier molecular flexibility index (Phi) is 6.62. The summed E-state index contributed by atoms with van der Waals surface area (Å²) in [6, 6.07) is 9.29. The number of carbonyl (C=O) groups is 1. The first-order valence-electron chi connectivity index (χ1n) is 8.33. The fourth-order valence-corrected chi connectivity index (χ4v) is 2.59. The van der Waals surface area contributed by atoms with Crippen LogP contribution in [0.15, 0.2) is 36.5 Å². The van der Waals surface area contributed by atoms with Gasteiger partial charge >= 0.3 is 0 Å². The van der Waals surface area contributed by atoms with E-state index in [0.717, 1.165) is 24.3 Å². The zero-order chi connectivity index (χ0) is 18.2. The Hall–Kier alpha value is -2.76. The molecule has 0 fully saturated rings. The normalized spacial score (nSPS) is 10.2. The minimum Gasteiger partial charge on any atom is -0.493 e. The minimum absolute atomic E-state index is 0.205. The first-order valence-corrected chi connectivity index (χ1v) is 8.33. The number of aromatic nitrogens is 1. The molecule has 1 aromatic heterocycles. The van der Waals surface area contributed by atoms with Crippen LogP contribution in [0.1, 0.15) is 29.9 Å². The van der Waals surface area contributed by atoms with Crippen molar-refractivity contribution in [1.82, 2.24) is 10.3 Å². The van der Waals surface area contributed by atoms with Crippen molar-refractivity contribution in [1.29, 1.82) is 0 Å². The van der Waals surface area contributed by atoms with Gasteiger partial charge in [0.25, 0.3) is 5.91 Å². The molecule has 0 spiro atoms. The molecule has 1 heterocycles. The number of anilines is 1. The predicted octanol–water partition coefficient (Wildman–Crippen LogP) is 2.88.